The van der Waals surface area contributed by atoms with Crippen molar-refractivity contribution in [1.82, 2.24) is 9.55 Å². The van der Waals surface area contributed by atoms with Crippen LogP contribution in [0.25, 0.3) is 5.69 Å². The van der Waals surface area contributed by atoms with Gasteiger partial charge in [-0.05, 0) is 49.7 Å². The zero-order valence-electron chi connectivity index (χ0n) is 20.0. The Morgan fingerprint density at radius 1 is 1.18 bits per heavy atom. The zero-order chi connectivity index (χ0) is 24.0. The molecule has 0 spiro atoms. The summed E-state index contributed by atoms with van der Waals surface area (Å²) in [5.41, 5.74) is 10.6. The zero-order valence-corrected chi connectivity index (χ0v) is 20.0. The Kier molecular flexibility index (Phi) is 7.16. The van der Waals surface area contributed by atoms with Gasteiger partial charge in [0.1, 0.15) is 11.6 Å². The summed E-state index contributed by atoms with van der Waals surface area (Å²) in [6.07, 6.45) is 12.9. The van der Waals surface area contributed by atoms with Crippen LogP contribution in [0.1, 0.15) is 43.4 Å². The van der Waals surface area contributed by atoms with Crippen LogP contribution < -0.4 is 15.8 Å². The quantitative estimate of drug-likeness (QED) is 0.415. The highest BCUT2D eigenvalue weighted by Crippen LogP contribution is 2.41. The van der Waals surface area contributed by atoms with Crippen LogP contribution in [-0.2, 0) is 5.41 Å². The van der Waals surface area contributed by atoms with Crippen molar-refractivity contribution in [3.63, 3.8) is 0 Å². The third-order valence-electron chi connectivity index (χ3n) is 6.49. The standard InChI is InChI=1S/C28H33N5O/c1-21-19-33(20-30-21)25-13-12-24(18-26(25)34-3)31-22(2)32-27(14-17-29)28(15-8-5-9-16-28)23-10-6-4-7-11-23/h4,6-7,10-14,17-20,31H,2,5,8-9,15-16,29H2,1,3H3/b17-14-,32-27+. The molecule has 0 unspecified atom stereocenters. The van der Waals surface area contributed by atoms with E-state index in [1.807, 2.05) is 42.0 Å². The number of ether oxygens (including phenoxy) is 1. The highest BCUT2D eigenvalue weighted by molar-refractivity contribution is 6.04. The molecule has 0 radical (unpaired) electrons. The Bertz CT molecular complexity index is 1190. The van der Waals surface area contributed by atoms with E-state index in [1.165, 1.54) is 24.8 Å². The molecule has 0 bridgehead atoms. The van der Waals surface area contributed by atoms with Gasteiger partial charge in [-0.15, -0.1) is 0 Å². The lowest BCUT2D eigenvalue weighted by Gasteiger charge is -2.38. The SMILES string of the molecule is C=C(/N=C(\C=C/N)C1(c2ccccc2)CCCCC1)Nc1ccc(-n2cnc(C)c2)c(OC)c1. The molecule has 1 heterocycles. The maximum absolute atomic E-state index is 5.88. The van der Waals surface area contributed by atoms with E-state index >= 15 is 0 Å². The summed E-state index contributed by atoms with van der Waals surface area (Å²) in [5.74, 6) is 1.29. The van der Waals surface area contributed by atoms with Gasteiger partial charge in [0.2, 0.25) is 0 Å². The van der Waals surface area contributed by atoms with E-state index in [0.29, 0.717) is 5.82 Å². The number of nitrogens with one attached hydrogen (secondary N) is 1. The number of aliphatic imine (C=N–C) groups is 1. The Morgan fingerprint density at radius 3 is 2.59 bits per heavy atom. The van der Waals surface area contributed by atoms with Gasteiger partial charge in [-0.3, -0.25) is 0 Å². The smallest absolute Gasteiger partial charge is 0.144 e. The molecule has 0 atom stereocenters. The molecule has 0 amide bonds. The number of aryl methyl sites for hydroxylation is 1. The molecular formula is C28H33N5O. The number of rotatable bonds is 8. The first-order chi connectivity index (χ1) is 16.6. The summed E-state index contributed by atoms with van der Waals surface area (Å²) >= 11 is 0. The monoisotopic (exact) mass is 455 g/mol. The minimum atomic E-state index is -0.166. The molecule has 3 aromatic rings. The van der Waals surface area contributed by atoms with Crippen LogP contribution in [0.5, 0.6) is 5.75 Å². The summed E-state index contributed by atoms with van der Waals surface area (Å²) < 4.78 is 7.58. The average molecular weight is 456 g/mol. The van der Waals surface area contributed by atoms with E-state index in [1.54, 1.807) is 19.6 Å². The van der Waals surface area contributed by atoms with Crippen molar-refractivity contribution in [3.8, 4) is 11.4 Å². The molecule has 1 fully saturated rings. The number of benzene rings is 2. The topological polar surface area (TPSA) is 77.5 Å². The first-order valence-corrected chi connectivity index (χ1v) is 11.7. The lowest BCUT2D eigenvalue weighted by Crippen LogP contribution is -2.37. The molecule has 1 saturated carbocycles. The fourth-order valence-corrected chi connectivity index (χ4v) is 4.86. The molecule has 34 heavy (non-hydrogen) atoms. The summed E-state index contributed by atoms with van der Waals surface area (Å²) in [7, 11) is 1.66. The summed E-state index contributed by atoms with van der Waals surface area (Å²) in [5, 5.41) is 3.34. The second-order valence-corrected chi connectivity index (χ2v) is 8.75. The molecule has 1 aromatic heterocycles. The lowest BCUT2D eigenvalue weighted by molar-refractivity contribution is 0.381. The molecule has 176 valence electrons. The predicted molar refractivity (Wildman–Crippen MR) is 140 cm³/mol. The molecule has 2 aromatic carbocycles. The number of methoxy groups -OCH3 is 1. The van der Waals surface area contributed by atoms with Crippen molar-refractivity contribution in [3.05, 3.63) is 97.0 Å². The van der Waals surface area contributed by atoms with Gasteiger partial charge in [0.15, 0.2) is 0 Å². The van der Waals surface area contributed by atoms with Crippen molar-refractivity contribution in [2.24, 2.45) is 10.7 Å². The maximum Gasteiger partial charge on any atom is 0.144 e. The van der Waals surface area contributed by atoms with E-state index in [4.69, 9.17) is 15.5 Å². The largest absolute Gasteiger partial charge is 0.494 e. The Morgan fingerprint density at radius 2 is 1.94 bits per heavy atom. The number of hydrogen-bond acceptors (Lipinski definition) is 5. The molecule has 1 aliphatic carbocycles. The third kappa shape index (κ3) is 4.91. The molecule has 1 aliphatic rings. The summed E-state index contributed by atoms with van der Waals surface area (Å²) in [6, 6.07) is 16.6. The maximum atomic E-state index is 5.88. The Hall–Kier alpha value is -3.80. The molecule has 4 rings (SSSR count). The van der Waals surface area contributed by atoms with Gasteiger partial charge in [0.25, 0.3) is 0 Å². The number of allylic oxidation sites excluding steroid dienone is 1. The van der Waals surface area contributed by atoms with Crippen LogP contribution in [0, 0.1) is 6.92 Å². The third-order valence-corrected chi connectivity index (χ3v) is 6.49. The van der Waals surface area contributed by atoms with Crippen molar-refractivity contribution in [1.29, 1.82) is 0 Å². The summed E-state index contributed by atoms with van der Waals surface area (Å²) in [4.78, 5) is 9.27. The Balaban J connectivity index is 1.63. The van der Waals surface area contributed by atoms with Gasteiger partial charge in [-0.25, -0.2) is 9.98 Å². The second kappa shape index (κ2) is 10.4. The number of anilines is 1. The second-order valence-electron chi connectivity index (χ2n) is 8.75. The number of nitrogens with zero attached hydrogens (tertiary/aromatic N) is 3. The minimum absolute atomic E-state index is 0.166. The summed E-state index contributed by atoms with van der Waals surface area (Å²) in [6.45, 7) is 6.16. The number of aromatic nitrogens is 2. The lowest BCUT2D eigenvalue weighted by atomic mass is 9.66. The van der Waals surface area contributed by atoms with Gasteiger partial charge in [-0.1, -0.05) is 56.2 Å². The molecule has 0 aliphatic heterocycles. The van der Waals surface area contributed by atoms with Crippen molar-refractivity contribution >= 4 is 11.4 Å². The van der Waals surface area contributed by atoms with Crippen molar-refractivity contribution in [2.75, 3.05) is 12.4 Å². The number of hydrogen-bond donors (Lipinski definition) is 2. The first-order valence-electron chi connectivity index (χ1n) is 11.7. The molecular weight excluding hydrogens is 422 g/mol. The minimum Gasteiger partial charge on any atom is -0.494 e. The van der Waals surface area contributed by atoms with E-state index in [-0.39, 0.29) is 5.41 Å². The molecule has 6 nitrogen and oxygen atoms in total. The van der Waals surface area contributed by atoms with Crippen molar-refractivity contribution < 1.29 is 4.74 Å². The highest BCUT2D eigenvalue weighted by Gasteiger charge is 2.37. The van der Waals surface area contributed by atoms with Gasteiger partial charge in [-0.2, -0.15) is 0 Å². The highest BCUT2D eigenvalue weighted by atomic mass is 16.5. The van der Waals surface area contributed by atoms with Crippen LogP contribution in [0.2, 0.25) is 0 Å². The van der Waals surface area contributed by atoms with Crippen LogP contribution in [0.4, 0.5) is 5.69 Å². The molecule has 6 heteroatoms. The van der Waals surface area contributed by atoms with Crippen LogP contribution in [0.15, 0.2) is 90.7 Å². The van der Waals surface area contributed by atoms with E-state index in [0.717, 1.165) is 41.4 Å². The first kappa shape index (κ1) is 23.4. The van der Waals surface area contributed by atoms with Crippen LogP contribution in [-0.4, -0.2) is 22.4 Å². The number of imidazole rings is 1. The van der Waals surface area contributed by atoms with Gasteiger partial charge < -0.3 is 20.4 Å². The average Bonchev–Trinajstić information content (AvgIpc) is 3.30. The van der Waals surface area contributed by atoms with E-state index in [9.17, 15) is 0 Å². The number of nitrogens with two attached hydrogens (primary N) is 1. The van der Waals surface area contributed by atoms with Crippen LogP contribution in [0.3, 0.4) is 0 Å². The van der Waals surface area contributed by atoms with Gasteiger partial charge >= 0.3 is 0 Å². The fraction of sp³-hybridized carbons (Fsp3) is 0.286. The van der Waals surface area contributed by atoms with Crippen molar-refractivity contribution in [2.45, 2.75) is 44.4 Å². The van der Waals surface area contributed by atoms with Gasteiger partial charge in [0.05, 0.1) is 30.5 Å². The molecule has 0 saturated heterocycles. The van der Waals surface area contributed by atoms with E-state index in [2.05, 4.69) is 47.2 Å². The Labute approximate surface area is 201 Å². The molecule has 3 N–H and O–H groups in total. The van der Waals surface area contributed by atoms with Crippen LogP contribution >= 0.6 is 0 Å². The normalized spacial score (nSPS) is 15.9. The fourth-order valence-electron chi connectivity index (χ4n) is 4.86. The predicted octanol–water partition coefficient (Wildman–Crippen LogP) is 5.89. The van der Waals surface area contributed by atoms with E-state index < -0.39 is 0 Å². The van der Waals surface area contributed by atoms with Gasteiger partial charge in [0, 0.05) is 23.4 Å².